The second kappa shape index (κ2) is 5.37. The van der Waals surface area contributed by atoms with E-state index in [-0.39, 0.29) is 10.7 Å². The fourth-order valence-electron chi connectivity index (χ4n) is 1.36. The first-order valence-corrected chi connectivity index (χ1v) is 5.42. The third-order valence-corrected chi connectivity index (χ3v) is 2.52. The summed E-state index contributed by atoms with van der Waals surface area (Å²) in [5.41, 5.74) is 1.42. The molecule has 1 aromatic carbocycles. The van der Waals surface area contributed by atoms with Crippen molar-refractivity contribution in [1.29, 1.82) is 0 Å². The lowest BCUT2D eigenvalue weighted by Crippen LogP contribution is -1.89. The van der Waals surface area contributed by atoms with Crippen molar-refractivity contribution in [2.24, 2.45) is 0 Å². The maximum absolute atomic E-state index is 10.6. The molecule has 0 atom stereocenters. The minimum absolute atomic E-state index is 0.101. The highest BCUT2D eigenvalue weighted by Crippen LogP contribution is 2.25. The van der Waals surface area contributed by atoms with Gasteiger partial charge in [0.1, 0.15) is 11.3 Å². The molecule has 1 aromatic heterocycles. The molecule has 0 aliphatic carbocycles. The SMILES string of the molecule is O=[N+]([O-])c1ccc(/C=C/c2ccncn2)cc1Cl. The van der Waals surface area contributed by atoms with Gasteiger partial charge in [-0.1, -0.05) is 17.7 Å². The molecule has 1 heterocycles. The van der Waals surface area contributed by atoms with Crippen molar-refractivity contribution >= 4 is 29.4 Å². The van der Waals surface area contributed by atoms with E-state index < -0.39 is 4.92 Å². The van der Waals surface area contributed by atoms with E-state index in [1.165, 1.54) is 18.5 Å². The third-order valence-electron chi connectivity index (χ3n) is 2.22. The summed E-state index contributed by atoms with van der Waals surface area (Å²) >= 11 is 5.80. The summed E-state index contributed by atoms with van der Waals surface area (Å²) in [5.74, 6) is 0. The fourth-order valence-corrected chi connectivity index (χ4v) is 1.61. The van der Waals surface area contributed by atoms with Crippen LogP contribution in [0.3, 0.4) is 0 Å². The largest absolute Gasteiger partial charge is 0.287 e. The van der Waals surface area contributed by atoms with E-state index in [0.29, 0.717) is 0 Å². The van der Waals surface area contributed by atoms with Crippen LogP contribution >= 0.6 is 11.6 Å². The van der Waals surface area contributed by atoms with E-state index in [9.17, 15) is 10.1 Å². The molecule has 0 amide bonds. The number of nitro groups is 1. The van der Waals surface area contributed by atoms with Gasteiger partial charge in [-0.05, 0) is 29.8 Å². The Morgan fingerprint density at radius 1 is 1.28 bits per heavy atom. The lowest BCUT2D eigenvalue weighted by molar-refractivity contribution is -0.384. The van der Waals surface area contributed by atoms with Gasteiger partial charge >= 0.3 is 0 Å². The molecule has 2 aromatic rings. The Hall–Kier alpha value is -2.27. The lowest BCUT2D eigenvalue weighted by atomic mass is 10.2. The Balaban J connectivity index is 2.23. The molecule has 5 nitrogen and oxygen atoms in total. The Morgan fingerprint density at radius 3 is 2.72 bits per heavy atom. The van der Waals surface area contributed by atoms with Gasteiger partial charge < -0.3 is 0 Å². The van der Waals surface area contributed by atoms with Crippen LogP contribution in [0.1, 0.15) is 11.3 Å². The van der Waals surface area contributed by atoms with Crippen molar-refractivity contribution in [3.63, 3.8) is 0 Å². The number of benzene rings is 1. The maximum Gasteiger partial charge on any atom is 0.287 e. The molecule has 2 rings (SSSR count). The highest BCUT2D eigenvalue weighted by molar-refractivity contribution is 6.32. The number of hydrogen-bond acceptors (Lipinski definition) is 4. The van der Waals surface area contributed by atoms with Crippen LogP contribution in [0.4, 0.5) is 5.69 Å². The molecule has 0 radical (unpaired) electrons. The van der Waals surface area contributed by atoms with Gasteiger partial charge in [-0.25, -0.2) is 9.97 Å². The molecule has 6 heteroatoms. The zero-order chi connectivity index (χ0) is 13.0. The van der Waals surface area contributed by atoms with Crippen molar-refractivity contribution in [3.05, 3.63) is 63.2 Å². The number of nitro benzene ring substituents is 1. The minimum Gasteiger partial charge on any atom is -0.258 e. The van der Waals surface area contributed by atoms with Crippen molar-refractivity contribution in [1.82, 2.24) is 9.97 Å². The van der Waals surface area contributed by atoms with Crippen LogP contribution in [-0.4, -0.2) is 14.9 Å². The first kappa shape index (κ1) is 12.2. The highest BCUT2D eigenvalue weighted by atomic mass is 35.5. The predicted octanol–water partition coefficient (Wildman–Crippen LogP) is 3.21. The molecular weight excluding hydrogens is 254 g/mol. The summed E-state index contributed by atoms with van der Waals surface area (Å²) in [5, 5.41) is 10.7. The monoisotopic (exact) mass is 261 g/mol. The summed E-state index contributed by atoms with van der Waals surface area (Å²) in [6.07, 6.45) is 6.63. The standard InChI is InChI=1S/C12H8ClN3O2/c13-11-7-9(2-4-12(11)16(17)18)1-3-10-5-6-14-8-15-10/h1-8H/b3-1+. The van der Waals surface area contributed by atoms with Crippen LogP contribution < -0.4 is 0 Å². The number of hydrogen-bond donors (Lipinski definition) is 0. The smallest absolute Gasteiger partial charge is 0.258 e. The molecular formula is C12H8ClN3O2. The summed E-state index contributed by atoms with van der Waals surface area (Å²) < 4.78 is 0. The van der Waals surface area contributed by atoms with E-state index in [2.05, 4.69) is 9.97 Å². The average molecular weight is 262 g/mol. The van der Waals surface area contributed by atoms with Gasteiger partial charge in [0.25, 0.3) is 5.69 Å². The van der Waals surface area contributed by atoms with E-state index in [1.54, 1.807) is 30.5 Å². The summed E-state index contributed by atoms with van der Waals surface area (Å²) in [6, 6.07) is 6.30. The van der Waals surface area contributed by atoms with Gasteiger partial charge in [-0.3, -0.25) is 10.1 Å². The predicted molar refractivity (Wildman–Crippen MR) is 69.1 cm³/mol. The molecule has 0 aliphatic heterocycles. The van der Waals surface area contributed by atoms with Gasteiger partial charge in [-0.2, -0.15) is 0 Å². The van der Waals surface area contributed by atoms with E-state index in [1.807, 2.05) is 0 Å². The Labute approximate surface area is 108 Å². The highest BCUT2D eigenvalue weighted by Gasteiger charge is 2.10. The van der Waals surface area contributed by atoms with Crippen molar-refractivity contribution in [2.75, 3.05) is 0 Å². The van der Waals surface area contributed by atoms with Gasteiger partial charge in [-0.15, -0.1) is 0 Å². The minimum atomic E-state index is -0.514. The van der Waals surface area contributed by atoms with Crippen LogP contribution in [0, 0.1) is 10.1 Å². The Kier molecular flexibility index (Phi) is 3.64. The summed E-state index contributed by atoms with van der Waals surface area (Å²) in [6.45, 7) is 0. The molecule has 0 bridgehead atoms. The van der Waals surface area contributed by atoms with E-state index in [4.69, 9.17) is 11.6 Å². The van der Waals surface area contributed by atoms with Crippen molar-refractivity contribution < 1.29 is 4.92 Å². The van der Waals surface area contributed by atoms with Gasteiger partial charge in [0.15, 0.2) is 0 Å². The Bertz CT molecular complexity index is 600. The first-order chi connectivity index (χ1) is 8.66. The van der Waals surface area contributed by atoms with Crippen LogP contribution in [0.25, 0.3) is 12.2 Å². The van der Waals surface area contributed by atoms with Crippen LogP contribution in [-0.2, 0) is 0 Å². The van der Waals surface area contributed by atoms with Crippen LogP contribution in [0.5, 0.6) is 0 Å². The van der Waals surface area contributed by atoms with Gasteiger partial charge in [0.2, 0.25) is 0 Å². The summed E-state index contributed by atoms with van der Waals surface area (Å²) in [4.78, 5) is 17.9. The fraction of sp³-hybridized carbons (Fsp3) is 0. The lowest BCUT2D eigenvalue weighted by Gasteiger charge is -1.97. The molecule has 0 spiro atoms. The number of nitrogens with zero attached hydrogens (tertiary/aromatic N) is 3. The maximum atomic E-state index is 10.6. The number of halogens is 1. The van der Waals surface area contributed by atoms with Crippen molar-refractivity contribution in [3.8, 4) is 0 Å². The first-order valence-electron chi connectivity index (χ1n) is 5.05. The average Bonchev–Trinajstić information content (AvgIpc) is 2.37. The molecule has 0 saturated carbocycles. The quantitative estimate of drug-likeness (QED) is 0.628. The summed E-state index contributed by atoms with van der Waals surface area (Å²) in [7, 11) is 0. The number of rotatable bonds is 3. The van der Waals surface area contributed by atoms with E-state index in [0.717, 1.165) is 11.3 Å². The molecule has 0 fully saturated rings. The van der Waals surface area contributed by atoms with Crippen LogP contribution in [0.15, 0.2) is 36.8 Å². The second-order valence-electron chi connectivity index (χ2n) is 3.44. The normalized spacial score (nSPS) is 10.7. The molecule has 18 heavy (non-hydrogen) atoms. The topological polar surface area (TPSA) is 68.9 Å². The molecule has 0 N–H and O–H groups in total. The van der Waals surface area contributed by atoms with E-state index >= 15 is 0 Å². The molecule has 0 unspecified atom stereocenters. The third kappa shape index (κ3) is 2.89. The molecule has 0 saturated heterocycles. The zero-order valence-corrected chi connectivity index (χ0v) is 9.91. The second-order valence-corrected chi connectivity index (χ2v) is 3.84. The zero-order valence-electron chi connectivity index (χ0n) is 9.15. The molecule has 90 valence electrons. The van der Waals surface area contributed by atoms with Crippen LogP contribution in [0.2, 0.25) is 5.02 Å². The number of aromatic nitrogens is 2. The van der Waals surface area contributed by atoms with Crippen molar-refractivity contribution in [2.45, 2.75) is 0 Å². The van der Waals surface area contributed by atoms with Gasteiger partial charge in [0, 0.05) is 12.3 Å². The molecule has 0 aliphatic rings. The van der Waals surface area contributed by atoms with Gasteiger partial charge in [0.05, 0.1) is 10.6 Å². The Morgan fingerprint density at radius 2 is 2.11 bits per heavy atom.